The fourth-order valence-corrected chi connectivity index (χ4v) is 2.10. The number of anilines is 2. The number of nitrogens with zero attached hydrogens (tertiary/aromatic N) is 1. The quantitative estimate of drug-likeness (QED) is 0.651. The molecule has 2 rings (SSSR count). The summed E-state index contributed by atoms with van der Waals surface area (Å²) in [6, 6.07) is 3.06. The van der Waals surface area contributed by atoms with Crippen LogP contribution in [0.5, 0.6) is 0 Å². The summed E-state index contributed by atoms with van der Waals surface area (Å²) in [7, 11) is 0. The minimum absolute atomic E-state index is 0.0487. The first kappa shape index (κ1) is 15.2. The van der Waals surface area contributed by atoms with Crippen LogP contribution in [-0.4, -0.2) is 49.1 Å². The highest BCUT2D eigenvalue weighted by atomic mass is 19.1. The number of nitrogen functional groups attached to an aromatic ring is 1. The Hall–Kier alpha value is -2.19. The maximum atomic E-state index is 13.1. The zero-order valence-corrected chi connectivity index (χ0v) is 11.3. The largest absolute Gasteiger partial charge is 0.397 e. The number of primary amides is 1. The van der Waals surface area contributed by atoms with E-state index in [0.717, 1.165) is 6.07 Å². The van der Waals surface area contributed by atoms with E-state index < -0.39 is 23.7 Å². The molecule has 5 N–H and O–H groups in total. The molecule has 0 saturated carbocycles. The molecule has 1 aliphatic rings. The van der Waals surface area contributed by atoms with Gasteiger partial charge in [0.25, 0.3) is 0 Å². The van der Waals surface area contributed by atoms with Gasteiger partial charge in [0.05, 0.1) is 31.1 Å². The molecule has 7 nitrogen and oxygen atoms in total. The monoisotopic (exact) mass is 296 g/mol. The average molecular weight is 296 g/mol. The Bertz CT molecular complexity index is 552. The number of hydrogen-bond acceptors (Lipinski definition) is 5. The van der Waals surface area contributed by atoms with Crippen LogP contribution in [0.15, 0.2) is 18.2 Å². The number of carbonyl (C=O) groups excluding carboxylic acids is 2. The fourth-order valence-electron chi connectivity index (χ4n) is 2.10. The highest BCUT2D eigenvalue weighted by Gasteiger charge is 2.29. The number of morpholine rings is 1. The summed E-state index contributed by atoms with van der Waals surface area (Å²) < 4.78 is 18.3. The normalized spacial score (nSPS) is 19.2. The second-order valence-corrected chi connectivity index (χ2v) is 4.74. The Morgan fingerprint density at radius 2 is 2.24 bits per heavy atom. The minimum Gasteiger partial charge on any atom is -0.397 e. The second kappa shape index (κ2) is 6.51. The maximum Gasteiger partial charge on any atom is 0.238 e. The van der Waals surface area contributed by atoms with Gasteiger partial charge < -0.3 is 21.5 Å². The van der Waals surface area contributed by atoms with Crippen molar-refractivity contribution >= 4 is 23.2 Å². The highest BCUT2D eigenvalue weighted by Crippen LogP contribution is 2.19. The van der Waals surface area contributed by atoms with E-state index in [1.807, 2.05) is 0 Å². The van der Waals surface area contributed by atoms with Crippen LogP contribution in [0.1, 0.15) is 0 Å². The van der Waals surface area contributed by atoms with Gasteiger partial charge in [0, 0.05) is 6.54 Å². The van der Waals surface area contributed by atoms with E-state index >= 15 is 0 Å². The number of amides is 2. The van der Waals surface area contributed by atoms with E-state index in [2.05, 4.69) is 5.32 Å². The summed E-state index contributed by atoms with van der Waals surface area (Å²) >= 11 is 0. The molecule has 1 atom stereocenters. The molecule has 0 aromatic heterocycles. The van der Waals surface area contributed by atoms with E-state index in [1.165, 1.54) is 12.1 Å². The lowest BCUT2D eigenvalue weighted by atomic mass is 10.2. The van der Waals surface area contributed by atoms with Gasteiger partial charge in [0.2, 0.25) is 11.8 Å². The van der Waals surface area contributed by atoms with Crippen molar-refractivity contribution in [2.45, 2.75) is 6.04 Å². The molecule has 1 unspecified atom stereocenters. The van der Waals surface area contributed by atoms with Crippen LogP contribution < -0.4 is 16.8 Å². The molecule has 1 aliphatic heterocycles. The first-order valence-electron chi connectivity index (χ1n) is 6.43. The number of nitrogens with two attached hydrogens (primary N) is 2. The van der Waals surface area contributed by atoms with E-state index in [-0.39, 0.29) is 24.5 Å². The smallest absolute Gasteiger partial charge is 0.238 e. The predicted octanol–water partition coefficient (Wildman–Crippen LogP) is -0.467. The van der Waals surface area contributed by atoms with Crippen LogP contribution in [0.3, 0.4) is 0 Å². The van der Waals surface area contributed by atoms with Crippen molar-refractivity contribution in [3.05, 3.63) is 24.0 Å². The summed E-state index contributed by atoms with van der Waals surface area (Å²) in [4.78, 5) is 24.9. The van der Waals surface area contributed by atoms with Crippen LogP contribution in [-0.2, 0) is 14.3 Å². The van der Waals surface area contributed by atoms with Gasteiger partial charge >= 0.3 is 0 Å². The molecule has 0 radical (unpaired) electrons. The third kappa shape index (κ3) is 3.89. The molecular weight excluding hydrogens is 279 g/mol. The Balaban J connectivity index is 2.00. The zero-order valence-electron chi connectivity index (χ0n) is 11.3. The van der Waals surface area contributed by atoms with Crippen molar-refractivity contribution in [2.75, 3.05) is 37.4 Å². The topological polar surface area (TPSA) is 111 Å². The number of carbonyl (C=O) groups is 2. The summed E-state index contributed by atoms with van der Waals surface area (Å²) in [5.74, 6) is -1.45. The van der Waals surface area contributed by atoms with Gasteiger partial charge in [-0.15, -0.1) is 0 Å². The van der Waals surface area contributed by atoms with Crippen LogP contribution in [0.4, 0.5) is 15.8 Å². The Labute approximate surface area is 121 Å². The standard InChI is InChI=1S/C13H17FN4O3/c14-8-1-2-9(15)10(5-8)17-12(19)6-18-3-4-21-7-11(18)13(16)20/h1-2,5,11H,3-4,6-7,15H2,(H2,16,20)(H,17,19). The number of ether oxygens (including phenoxy) is 1. The van der Waals surface area contributed by atoms with Gasteiger partial charge in [-0.2, -0.15) is 0 Å². The van der Waals surface area contributed by atoms with E-state index in [0.29, 0.717) is 13.2 Å². The van der Waals surface area contributed by atoms with Crippen LogP contribution >= 0.6 is 0 Å². The molecule has 1 aromatic carbocycles. The molecular formula is C13H17FN4O3. The lowest BCUT2D eigenvalue weighted by Crippen LogP contribution is -2.54. The number of nitrogens with one attached hydrogen (secondary N) is 1. The van der Waals surface area contributed by atoms with Crippen molar-refractivity contribution in [1.82, 2.24) is 4.90 Å². The molecule has 1 saturated heterocycles. The van der Waals surface area contributed by atoms with Crippen molar-refractivity contribution in [2.24, 2.45) is 5.73 Å². The Kier molecular flexibility index (Phi) is 4.71. The molecule has 1 aromatic rings. The molecule has 0 spiro atoms. The van der Waals surface area contributed by atoms with Gasteiger partial charge in [0.1, 0.15) is 11.9 Å². The predicted molar refractivity (Wildman–Crippen MR) is 74.8 cm³/mol. The van der Waals surface area contributed by atoms with Gasteiger partial charge in [0.15, 0.2) is 0 Å². The average Bonchev–Trinajstić information content (AvgIpc) is 2.43. The molecule has 2 amide bonds. The van der Waals surface area contributed by atoms with Gasteiger partial charge in [-0.1, -0.05) is 0 Å². The zero-order chi connectivity index (χ0) is 15.4. The number of rotatable bonds is 4. The molecule has 114 valence electrons. The van der Waals surface area contributed by atoms with Crippen LogP contribution in [0.25, 0.3) is 0 Å². The lowest BCUT2D eigenvalue weighted by Gasteiger charge is -2.32. The van der Waals surface area contributed by atoms with Crippen LogP contribution in [0, 0.1) is 5.82 Å². The van der Waals surface area contributed by atoms with Gasteiger partial charge in [-0.25, -0.2) is 4.39 Å². The number of hydrogen-bond donors (Lipinski definition) is 3. The number of benzene rings is 1. The number of halogens is 1. The maximum absolute atomic E-state index is 13.1. The molecule has 0 bridgehead atoms. The van der Waals surface area contributed by atoms with E-state index in [4.69, 9.17) is 16.2 Å². The summed E-state index contributed by atoms with van der Waals surface area (Å²) in [5.41, 5.74) is 11.4. The van der Waals surface area contributed by atoms with Crippen molar-refractivity contribution in [3.8, 4) is 0 Å². The summed E-state index contributed by atoms with van der Waals surface area (Å²) in [6.07, 6.45) is 0. The summed E-state index contributed by atoms with van der Waals surface area (Å²) in [5, 5.41) is 2.52. The molecule has 0 aliphatic carbocycles. The first-order chi connectivity index (χ1) is 9.97. The van der Waals surface area contributed by atoms with Crippen LogP contribution in [0.2, 0.25) is 0 Å². The molecule has 1 fully saturated rings. The third-order valence-corrected chi connectivity index (χ3v) is 3.20. The molecule has 1 heterocycles. The van der Waals surface area contributed by atoms with E-state index in [1.54, 1.807) is 4.90 Å². The Morgan fingerprint density at radius 1 is 1.48 bits per heavy atom. The lowest BCUT2D eigenvalue weighted by molar-refractivity contribution is -0.131. The van der Waals surface area contributed by atoms with Crippen molar-refractivity contribution < 1.29 is 18.7 Å². The fraction of sp³-hybridized carbons (Fsp3) is 0.385. The SMILES string of the molecule is NC(=O)C1COCCN1CC(=O)Nc1cc(F)ccc1N. The third-order valence-electron chi connectivity index (χ3n) is 3.20. The van der Waals surface area contributed by atoms with Crippen molar-refractivity contribution in [3.63, 3.8) is 0 Å². The van der Waals surface area contributed by atoms with Crippen molar-refractivity contribution in [1.29, 1.82) is 0 Å². The first-order valence-corrected chi connectivity index (χ1v) is 6.43. The van der Waals surface area contributed by atoms with Gasteiger partial charge in [-0.05, 0) is 18.2 Å². The van der Waals surface area contributed by atoms with Gasteiger partial charge in [-0.3, -0.25) is 14.5 Å². The minimum atomic E-state index is -0.644. The highest BCUT2D eigenvalue weighted by molar-refractivity contribution is 5.95. The summed E-state index contributed by atoms with van der Waals surface area (Å²) in [6.45, 7) is 0.941. The molecule has 8 heteroatoms. The van der Waals surface area contributed by atoms with E-state index in [9.17, 15) is 14.0 Å². The second-order valence-electron chi connectivity index (χ2n) is 4.74. The Morgan fingerprint density at radius 3 is 2.95 bits per heavy atom. The molecule has 21 heavy (non-hydrogen) atoms.